The normalized spacial score (nSPS) is 11.1. The van der Waals surface area contributed by atoms with Gasteiger partial charge in [0.2, 0.25) is 0 Å². The van der Waals surface area contributed by atoms with E-state index in [9.17, 15) is 0 Å². The topological polar surface area (TPSA) is 42.7 Å². The second-order valence-corrected chi connectivity index (χ2v) is 5.86. The molecule has 0 aliphatic heterocycles. The third-order valence-corrected chi connectivity index (χ3v) is 4.77. The maximum absolute atomic E-state index is 4.48. The first-order chi connectivity index (χ1) is 9.16. The molecule has 3 rings (SSSR count). The van der Waals surface area contributed by atoms with E-state index in [4.69, 9.17) is 0 Å². The zero-order valence-corrected chi connectivity index (χ0v) is 13.0. The Bertz CT molecular complexity index is 726. The van der Waals surface area contributed by atoms with Gasteiger partial charge in [0.25, 0.3) is 0 Å². The van der Waals surface area contributed by atoms with Gasteiger partial charge in [-0.3, -0.25) is 0 Å². The Kier molecular flexibility index (Phi) is 3.17. The van der Waals surface area contributed by atoms with Crippen LogP contribution in [0.3, 0.4) is 0 Å². The van der Waals surface area contributed by atoms with Gasteiger partial charge in [0, 0.05) is 0 Å². The number of nitrogens with one attached hydrogen (secondary N) is 1. The summed E-state index contributed by atoms with van der Waals surface area (Å²) < 4.78 is 11.1. The molecule has 0 amide bonds. The summed E-state index contributed by atoms with van der Waals surface area (Å²) in [5.41, 5.74) is 7.05. The first-order valence-corrected chi connectivity index (χ1v) is 7.77. The third-order valence-electron chi connectivity index (χ3n) is 3.64. The van der Waals surface area contributed by atoms with Crippen molar-refractivity contribution in [3.63, 3.8) is 0 Å². The summed E-state index contributed by atoms with van der Waals surface area (Å²) in [5.74, 6) is 0. The average molecular weight is 319 g/mol. The number of fused-ring (bicyclic) bond motifs is 1. The molecule has 2 heterocycles. The van der Waals surface area contributed by atoms with Crippen molar-refractivity contribution in [2.75, 3.05) is 5.32 Å². The number of aromatic nitrogens is 3. The predicted octanol–water partition coefficient (Wildman–Crippen LogP) is 2.25. The van der Waals surface area contributed by atoms with Crippen molar-refractivity contribution < 1.29 is 0 Å². The molecule has 4 nitrogen and oxygen atoms in total. The van der Waals surface area contributed by atoms with Crippen molar-refractivity contribution in [3.8, 4) is 0 Å². The van der Waals surface area contributed by atoms with Crippen molar-refractivity contribution >= 4 is 31.7 Å². The maximum atomic E-state index is 4.48. The Labute approximate surface area is 118 Å². The molecule has 0 unspecified atom stereocenters. The van der Waals surface area contributed by atoms with E-state index in [1.807, 2.05) is 12.1 Å². The molecule has 1 aromatic carbocycles. The number of nitrogens with zero attached hydrogens (tertiary/aromatic N) is 3. The summed E-state index contributed by atoms with van der Waals surface area (Å²) in [7, 11) is 2.10. The summed E-state index contributed by atoms with van der Waals surface area (Å²) in [6.45, 7) is 5.11. The molecule has 0 saturated carbocycles. The molecule has 0 radical (unpaired) electrons. The molecule has 98 valence electrons. The van der Waals surface area contributed by atoms with Crippen LogP contribution < -0.4 is 5.32 Å². The van der Waals surface area contributed by atoms with Crippen LogP contribution in [0.5, 0.6) is 0 Å². The van der Waals surface area contributed by atoms with Gasteiger partial charge in [-0.2, -0.15) is 0 Å². The van der Waals surface area contributed by atoms with Crippen molar-refractivity contribution in [1.29, 1.82) is 0 Å². The van der Waals surface area contributed by atoms with E-state index in [0.717, 1.165) is 23.3 Å². The predicted molar refractivity (Wildman–Crippen MR) is 78.7 cm³/mol. The minimum absolute atomic E-state index is 0.0272. The molecular weight excluding hydrogens is 303 g/mol. The fraction of sp³-hybridized carbons (Fsp3) is 0.286. The van der Waals surface area contributed by atoms with E-state index < -0.39 is 0 Å². The van der Waals surface area contributed by atoms with Gasteiger partial charge in [-0.1, -0.05) is 0 Å². The summed E-state index contributed by atoms with van der Waals surface area (Å²) in [6, 6.07) is 8.36. The molecule has 0 saturated heterocycles. The molecule has 19 heavy (non-hydrogen) atoms. The van der Waals surface area contributed by atoms with Crippen molar-refractivity contribution in [2.24, 2.45) is 7.05 Å². The molecule has 0 bridgehead atoms. The molecule has 2 aromatic heterocycles. The Morgan fingerprint density at radius 1 is 1.26 bits per heavy atom. The van der Waals surface area contributed by atoms with Crippen LogP contribution in [-0.2, 0) is 13.6 Å². The van der Waals surface area contributed by atoms with Crippen LogP contribution in [0.25, 0.3) is 11.0 Å². The van der Waals surface area contributed by atoms with E-state index >= 15 is 0 Å². The molecule has 0 fully saturated rings. The van der Waals surface area contributed by atoms with Gasteiger partial charge in [0.1, 0.15) is 0 Å². The van der Waals surface area contributed by atoms with Crippen LogP contribution >= 0.6 is 0 Å². The number of benzene rings is 1. The van der Waals surface area contributed by atoms with Gasteiger partial charge >= 0.3 is 118 Å². The molecule has 0 atom stereocenters. The van der Waals surface area contributed by atoms with Crippen LogP contribution in [0.1, 0.15) is 17.0 Å². The minimum atomic E-state index is 0.0272. The second kappa shape index (κ2) is 4.83. The van der Waals surface area contributed by atoms with Crippen LogP contribution in [0.15, 0.2) is 24.3 Å². The van der Waals surface area contributed by atoms with Gasteiger partial charge in [-0.25, -0.2) is 0 Å². The van der Waals surface area contributed by atoms with Crippen LogP contribution in [-0.4, -0.2) is 27.5 Å². The van der Waals surface area contributed by atoms with Crippen LogP contribution in [0, 0.1) is 13.8 Å². The Morgan fingerprint density at radius 3 is 2.84 bits per heavy atom. The molecule has 0 aliphatic rings. The number of rotatable bonds is 3. The Balaban J connectivity index is 1.86. The summed E-state index contributed by atoms with van der Waals surface area (Å²) >= 11 is 0.0272. The zero-order chi connectivity index (χ0) is 13.4. The van der Waals surface area contributed by atoms with E-state index in [1.165, 1.54) is 17.0 Å². The first-order valence-electron chi connectivity index (χ1n) is 6.24. The van der Waals surface area contributed by atoms with Crippen LogP contribution in [0.4, 0.5) is 5.69 Å². The fourth-order valence-electron chi connectivity index (χ4n) is 2.25. The van der Waals surface area contributed by atoms with Gasteiger partial charge in [-0.15, -0.1) is 0 Å². The number of hydrogen-bond donors (Lipinski definition) is 1. The van der Waals surface area contributed by atoms with Gasteiger partial charge in [0.05, 0.1) is 0 Å². The average Bonchev–Trinajstić information content (AvgIpc) is 2.98. The summed E-state index contributed by atoms with van der Waals surface area (Å²) in [6.07, 6.45) is 0. The van der Waals surface area contributed by atoms with Crippen molar-refractivity contribution in [2.45, 2.75) is 20.4 Å². The van der Waals surface area contributed by atoms with E-state index in [1.54, 1.807) is 0 Å². The van der Waals surface area contributed by atoms with Gasteiger partial charge < -0.3 is 0 Å². The van der Waals surface area contributed by atoms with E-state index in [-0.39, 0.29) is 15.0 Å². The first kappa shape index (κ1) is 12.5. The second-order valence-electron chi connectivity index (χ2n) is 4.75. The quantitative estimate of drug-likeness (QED) is 0.753. The molecular formula is C14H16N4Se. The molecule has 1 N–H and O–H groups in total. The van der Waals surface area contributed by atoms with Gasteiger partial charge in [0.15, 0.2) is 0 Å². The van der Waals surface area contributed by atoms with E-state index in [0.29, 0.717) is 0 Å². The standard InChI is InChI=1S/C14H16N4Se/c1-9-7-11(10(2)18(9)3)8-15-12-5-4-6-13-14(12)17-19-16-13/h4-7,15H,8H2,1-3H3. The molecule has 5 heteroatoms. The van der Waals surface area contributed by atoms with Crippen molar-refractivity contribution in [3.05, 3.63) is 41.2 Å². The molecule has 3 aromatic rings. The molecule has 0 spiro atoms. The number of aryl methyl sites for hydroxylation is 1. The number of hydrogen-bond acceptors (Lipinski definition) is 3. The monoisotopic (exact) mass is 320 g/mol. The Hall–Kier alpha value is -1.58. The van der Waals surface area contributed by atoms with Crippen LogP contribution in [0.2, 0.25) is 0 Å². The fourth-order valence-corrected chi connectivity index (χ4v) is 3.40. The summed E-state index contributed by atoms with van der Waals surface area (Å²) in [4.78, 5) is 0. The van der Waals surface area contributed by atoms with Gasteiger partial charge in [-0.05, 0) is 0 Å². The van der Waals surface area contributed by atoms with E-state index in [2.05, 4.69) is 50.9 Å². The Morgan fingerprint density at radius 2 is 2.11 bits per heavy atom. The third kappa shape index (κ3) is 2.20. The SMILES string of the molecule is Cc1cc(CNc2cccc3n[se]nc23)c(C)n1C. The summed E-state index contributed by atoms with van der Waals surface area (Å²) in [5, 5.41) is 3.49. The molecule has 0 aliphatic carbocycles. The number of anilines is 1. The van der Waals surface area contributed by atoms with Crippen molar-refractivity contribution in [1.82, 2.24) is 12.5 Å². The zero-order valence-electron chi connectivity index (χ0n) is 11.3.